The van der Waals surface area contributed by atoms with Gasteiger partial charge in [-0.15, -0.1) is 0 Å². The SMILES string of the molecule is CN=C(NCc1ccccc1N1CCOCC1)NC1CCC(C(C)C)CC1. The summed E-state index contributed by atoms with van der Waals surface area (Å²) in [5, 5.41) is 7.17. The van der Waals surface area contributed by atoms with Gasteiger partial charge >= 0.3 is 0 Å². The van der Waals surface area contributed by atoms with Gasteiger partial charge in [-0.25, -0.2) is 0 Å². The molecule has 27 heavy (non-hydrogen) atoms. The highest BCUT2D eigenvalue weighted by Crippen LogP contribution is 2.29. The largest absolute Gasteiger partial charge is 0.378 e. The lowest BCUT2D eigenvalue weighted by Gasteiger charge is -2.32. The molecule has 1 aliphatic heterocycles. The molecule has 1 saturated carbocycles. The monoisotopic (exact) mass is 372 g/mol. The Morgan fingerprint density at radius 2 is 1.85 bits per heavy atom. The molecule has 0 amide bonds. The Morgan fingerprint density at radius 1 is 1.15 bits per heavy atom. The summed E-state index contributed by atoms with van der Waals surface area (Å²) in [5.41, 5.74) is 2.62. The molecule has 150 valence electrons. The number of nitrogens with zero attached hydrogens (tertiary/aromatic N) is 2. The van der Waals surface area contributed by atoms with E-state index in [0.717, 1.165) is 50.6 Å². The molecule has 5 heteroatoms. The maximum atomic E-state index is 5.50. The van der Waals surface area contributed by atoms with Gasteiger partial charge in [0.1, 0.15) is 0 Å². The number of hydrogen-bond acceptors (Lipinski definition) is 3. The highest BCUT2D eigenvalue weighted by molar-refractivity contribution is 5.80. The topological polar surface area (TPSA) is 48.9 Å². The van der Waals surface area contributed by atoms with E-state index in [1.54, 1.807) is 0 Å². The molecule has 1 aliphatic carbocycles. The van der Waals surface area contributed by atoms with E-state index in [1.807, 2.05) is 7.05 Å². The summed E-state index contributed by atoms with van der Waals surface area (Å²) >= 11 is 0. The molecule has 1 aromatic carbocycles. The number of hydrogen-bond donors (Lipinski definition) is 2. The van der Waals surface area contributed by atoms with Crippen LogP contribution in [-0.2, 0) is 11.3 Å². The van der Waals surface area contributed by atoms with Crippen LogP contribution in [0, 0.1) is 11.8 Å². The van der Waals surface area contributed by atoms with E-state index in [4.69, 9.17) is 4.74 Å². The Labute approximate surface area is 164 Å². The van der Waals surface area contributed by atoms with Crippen molar-refractivity contribution in [2.75, 3.05) is 38.3 Å². The molecular weight excluding hydrogens is 336 g/mol. The first kappa shape index (κ1) is 20.0. The van der Waals surface area contributed by atoms with E-state index in [9.17, 15) is 0 Å². The van der Waals surface area contributed by atoms with E-state index in [2.05, 4.69) is 58.6 Å². The fourth-order valence-corrected chi connectivity index (χ4v) is 4.27. The molecule has 1 saturated heterocycles. The Morgan fingerprint density at radius 3 is 2.52 bits per heavy atom. The third kappa shape index (κ3) is 5.61. The lowest BCUT2D eigenvalue weighted by Crippen LogP contribution is -2.45. The molecule has 2 fully saturated rings. The summed E-state index contributed by atoms with van der Waals surface area (Å²) in [6.45, 7) is 9.03. The van der Waals surface area contributed by atoms with Crippen molar-refractivity contribution in [2.24, 2.45) is 16.8 Å². The number of aliphatic imine (C=N–C) groups is 1. The molecule has 1 heterocycles. The lowest BCUT2D eigenvalue weighted by molar-refractivity contribution is 0.122. The normalized spacial score (nSPS) is 24.1. The van der Waals surface area contributed by atoms with Crippen LogP contribution >= 0.6 is 0 Å². The van der Waals surface area contributed by atoms with Crippen LogP contribution in [0.15, 0.2) is 29.3 Å². The molecule has 2 N–H and O–H groups in total. The van der Waals surface area contributed by atoms with E-state index < -0.39 is 0 Å². The minimum atomic E-state index is 0.542. The Bertz CT molecular complexity index is 602. The summed E-state index contributed by atoms with van der Waals surface area (Å²) < 4.78 is 5.50. The van der Waals surface area contributed by atoms with Crippen molar-refractivity contribution in [3.8, 4) is 0 Å². The Kier molecular flexibility index (Phi) is 7.39. The predicted octanol–water partition coefficient (Wildman–Crippen LogP) is 3.40. The Hall–Kier alpha value is -1.75. The molecule has 2 aliphatic rings. The fraction of sp³-hybridized carbons (Fsp3) is 0.682. The van der Waals surface area contributed by atoms with E-state index in [0.29, 0.717) is 6.04 Å². The number of rotatable bonds is 5. The van der Waals surface area contributed by atoms with E-state index >= 15 is 0 Å². The van der Waals surface area contributed by atoms with Crippen LogP contribution < -0.4 is 15.5 Å². The van der Waals surface area contributed by atoms with Gasteiger partial charge in [0.2, 0.25) is 0 Å². The first-order valence-electron chi connectivity index (χ1n) is 10.5. The summed E-state index contributed by atoms with van der Waals surface area (Å²) in [6, 6.07) is 9.20. The molecule has 3 rings (SSSR count). The summed E-state index contributed by atoms with van der Waals surface area (Å²) in [7, 11) is 1.86. The van der Waals surface area contributed by atoms with Crippen molar-refractivity contribution < 1.29 is 4.74 Å². The number of morpholine rings is 1. The summed E-state index contributed by atoms with van der Waals surface area (Å²) in [6.07, 6.45) is 5.14. The van der Waals surface area contributed by atoms with E-state index in [1.165, 1.54) is 36.9 Å². The van der Waals surface area contributed by atoms with Crippen molar-refractivity contribution >= 4 is 11.6 Å². The van der Waals surface area contributed by atoms with Crippen LogP contribution in [0.1, 0.15) is 45.1 Å². The lowest BCUT2D eigenvalue weighted by atomic mass is 9.80. The number of anilines is 1. The van der Waals surface area contributed by atoms with Gasteiger partial charge in [0, 0.05) is 38.4 Å². The van der Waals surface area contributed by atoms with E-state index in [-0.39, 0.29) is 0 Å². The smallest absolute Gasteiger partial charge is 0.191 e. The number of nitrogens with one attached hydrogen (secondary N) is 2. The van der Waals surface area contributed by atoms with Gasteiger partial charge in [-0.05, 0) is 49.1 Å². The molecule has 0 aromatic heterocycles. The quantitative estimate of drug-likeness (QED) is 0.614. The molecular formula is C22H36N4O. The second kappa shape index (κ2) is 9.98. The highest BCUT2D eigenvalue weighted by atomic mass is 16.5. The van der Waals surface area contributed by atoms with Crippen molar-refractivity contribution in [1.29, 1.82) is 0 Å². The number of benzene rings is 1. The van der Waals surface area contributed by atoms with Gasteiger partial charge in [-0.2, -0.15) is 0 Å². The fourth-order valence-electron chi connectivity index (χ4n) is 4.27. The zero-order chi connectivity index (χ0) is 19.1. The van der Waals surface area contributed by atoms with Crippen LogP contribution in [0.5, 0.6) is 0 Å². The molecule has 0 radical (unpaired) electrons. The second-order valence-electron chi connectivity index (χ2n) is 8.15. The minimum Gasteiger partial charge on any atom is -0.378 e. The van der Waals surface area contributed by atoms with Gasteiger partial charge in [-0.1, -0.05) is 32.0 Å². The van der Waals surface area contributed by atoms with Crippen molar-refractivity contribution in [1.82, 2.24) is 10.6 Å². The third-order valence-corrected chi connectivity index (χ3v) is 6.07. The second-order valence-corrected chi connectivity index (χ2v) is 8.15. The van der Waals surface area contributed by atoms with Gasteiger partial charge in [0.05, 0.1) is 13.2 Å². The standard InChI is InChI=1S/C22H36N4O/c1-17(2)18-8-10-20(11-9-18)25-22(23-3)24-16-19-6-4-5-7-21(19)26-12-14-27-15-13-26/h4-7,17-18,20H,8-16H2,1-3H3,(H2,23,24,25). The molecule has 0 spiro atoms. The molecule has 0 bridgehead atoms. The number of ether oxygens (including phenoxy) is 1. The first-order valence-corrected chi connectivity index (χ1v) is 10.5. The van der Waals surface area contributed by atoms with Crippen LogP contribution in [-0.4, -0.2) is 45.4 Å². The number of guanidine groups is 1. The van der Waals surface area contributed by atoms with Crippen LogP contribution in [0.3, 0.4) is 0 Å². The van der Waals surface area contributed by atoms with Crippen molar-refractivity contribution in [3.63, 3.8) is 0 Å². The van der Waals surface area contributed by atoms with Crippen molar-refractivity contribution in [3.05, 3.63) is 29.8 Å². The van der Waals surface area contributed by atoms with Crippen molar-refractivity contribution in [2.45, 2.75) is 52.1 Å². The highest BCUT2D eigenvalue weighted by Gasteiger charge is 2.23. The molecule has 5 nitrogen and oxygen atoms in total. The third-order valence-electron chi connectivity index (χ3n) is 6.07. The number of para-hydroxylation sites is 1. The van der Waals surface area contributed by atoms with Crippen LogP contribution in [0.4, 0.5) is 5.69 Å². The summed E-state index contributed by atoms with van der Waals surface area (Å²) in [4.78, 5) is 6.87. The molecule has 1 aromatic rings. The Balaban J connectivity index is 1.53. The first-order chi connectivity index (χ1) is 13.2. The van der Waals surface area contributed by atoms with Crippen LogP contribution in [0.2, 0.25) is 0 Å². The zero-order valence-electron chi connectivity index (χ0n) is 17.2. The summed E-state index contributed by atoms with van der Waals surface area (Å²) in [5.74, 6) is 2.61. The van der Waals surface area contributed by atoms with Crippen LogP contribution in [0.25, 0.3) is 0 Å². The maximum Gasteiger partial charge on any atom is 0.191 e. The average Bonchev–Trinajstić information content (AvgIpc) is 2.72. The zero-order valence-corrected chi connectivity index (χ0v) is 17.2. The van der Waals surface area contributed by atoms with Gasteiger partial charge in [0.25, 0.3) is 0 Å². The molecule has 0 unspecified atom stereocenters. The minimum absolute atomic E-state index is 0.542. The van der Waals surface area contributed by atoms with Gasteiger partial charge < -0.3 is 20.3 Å². The molecule has 0 atom stereocenters. The average molecular weight is 373 g/mol. The van der Waals surface area contributed by atoms with Gasteiger partial charge in [-0.3, -0.25) is 4.99 Å². The van der Waals surface area contributed by atoms with Gasteiger partial charge in [0.15, 0.2) is 5.96 Å². The maximum absolute atomic E-state index is 5.50. The predicted molar refractivity (Wildman–Crippen MR) is 113 cm³/mol.